The van der Waals surface area contributed by atoms with Gasteiger partial charge in [0.1, 0.15) is 5.75 Å². The summed E-state index contributed by atoms with van der Waals surface area (Å²) in [5, 5.41) is 9.07. The van der Waals surface area contributed by atoms with E-state index in [1.165, 1.54) is 0 Å². The molecule has 0 saturated carbocycles. The van der Waals surface area contributed by atoms with E-state index in [0.29, 0.717) is 30.1 Å². The average Bonchev–Trinajstić information content (AvgIpc) is 3.01. The first-order valence-electron chi connectivity index (χ1n) is 7.94. The second-order valence-corrected chi connectivity index (χ2v) is 5.79. The quantitative estimate of drug-likeness (QED) is 0.757. The smallest absolute Gasteiger partial charge is 0.322 e. The predicted molar refractivity (Wildman–Crippen MR) is 94.3 cm³/mol. The van der Waals surface area contributed by atoms with E-state index in [9.17, 15) is 9.59 Å². The number of hydrogen-bond acceptors (Lipinski definition) is 4. The maximum Gasteiger partial charge on any atom is 0.322 e. The standard InChI is InChI=1S/C16H22N4O3.ClH/c1-23-14-5-4-11(9-13(14)20-8-7-18-16(20)22)15(21)19-12-3-2-6-17-10-12;/h4-5,9,12,17H,2-3,6-8,10H2,1H3,(H,18,22)(H,19,21);1H/t12-;/m0./s1. The van der Waals surface area contributed by atoms with Gasteiger partial charge in [-0.2, -0.15) is 0 Å². The summed E-state index contributed by atoms with van der Waals surface area (Å²) < 4.78 is 5.33. The number of ether oxygens (including phenoxy) is 1. The van der Waals surface area contributed by atoms with Crippen molar-refractivity contribution < 1.29 is 14.3 Å². The van der Waals surface area contributed by atoms with Gasteiger partial charge in [0.25, 0.3) is 5.91 Å². The fraction of sp³-hybridized carbons (Fsp3) is 0.500. The van der Waals surface area contributed by atoms with Crippen LogP contribution in [0, 0.1) is 0 Å². The van der Waals surface area contributed by atoms with Crippen LogP contribution in [0.25, 0.3) is 0 Å². The van der Waals surface area contributed by atoms with Crippen molar-refractivity contribution in [1.29, 1.82) is 0 Å². The molecule has 2 aliphatic rings. The molecule has 0 unspecified atom stereocenters. The number of amides is 3. The van der Waals surface area contributed by atoms with E-state index >= 15 is 0 Å². The molecule has 0 radical (unpaired) electrons. The lowest BCUT2D eigenvalue weighted by Crippen LogP contribution is -2.45. The Balaban J connectivity index is 0.00000208. The highest BCUT2D eigenvalue weighted by molar-refractivity contribution is 6.00. The minimum Gasteiger partial charge on any atom is -0.495 e. The lowest BCUT2D eigenvalue weighted by atomic mass is 10.1. The van der Waals surface area contributed by atoms with Gasteiger partial charge < -0.3 is 20.7 Å². The summed E-state index contributed by atoms with van der Waals surface area (Å²) in [4.78, 5) is 25.9. The molecular weight excluding hydrogens is 332 g/mol. The van der Waals surface area contributed by atoms with Crippen molar-refractivity contribution in [2.45, 2.75) is 18.9 Å². The molecule has 0 spiro atoms. The van der Waals surface area contributed by atoms with Gasteiger partial charge in [-0.1, -0.05) is 0 Å². The summed E-state index contributed by atoms with van der Waals surface area (Å²) in [6, 6.07) is 5.15. The van der Waals surface area contributed by atoms with E-state index in [0.717, 1.165) is 25.9 Å². The molecule has 0 aliphatic carbocycles. The minimum atomic E-state index is -0.169. The van der Waals surface area contributed by atoms with Gasteiger partial charge in [-0.25, -0.2) is 4.79 Å². The Hall–Kier alpha value is -1.99. The molecule has 1 aromatic carbocycles. The van der Waals surface area contributed by atoms with E-state index in [2.05, 4.69) is 16.0 Å². The number of nitrogens with one attached hydrogen (secondary N) is 3. The number of nitrogens with zero attached hydrogens (tertiary/aromatic N) is 1. The number of piperidine rings is 1. The Kier molecular flexibility index (Phi) is 6.28. The van der Waals surface area contributed by atoms with E-state index in [1.807, 2.05) is 0 Å². The number of rotatable bonds is 4. The normalized spacial score (nSPS) is 20.1. The third-order valence-electron chi connectivity index (χ3n) is 4.22. The van der Waals surface area contributed by atoms with Gasteiger partial charge in [0, 0.05) is 31.2 Å². The number of carbonyl (C=O) groups excluding carboxylic acids is 2. The summed E-state index contributed by atoms with van der Waals surface area (Å²) >= 11 is 0. The molecule has 3 amide bonds. The lowest BCUT2D eigenvalue weighted by molar-refractivity contribution is 0.0930. The fourth-order valence-corrected chi connectivity index (χ4v) is 2.99. The van der Waals surface area contributed by atoms with Crippen LogP contribution in [0.1, 0.15) is 23.2 Å². The van der Waals surface area contributed by atoms with Gasteiger partial charge in [-0.05, 0) is 37.6 Å². The van der Waals surface area contributed by atoms with Crippen molar-refractivity contribution in [3.8, 4) is 5.75 Å². The molecule has 132 valence electrons. The predicted octanol–water partition coefficient (Wildman–Crippen LogP) is 1.13. The molecule has 7 nitrogen and oxygen atoms in total. The van der Waals surface area contributed by atoms with Crippen LogP contribution >= 0.6 is 12.4 Å². The summed E-state index contributed by atoms with van der Waals surface area (Å²) in [6.45, 7) is 2.95. The number of anilines is 1. The number of carbonyl (C=O) groups is 2. The zero-order valence-corrected chi connectivity index (χ0v) is 14.4. The molecule has 2 aliphatic heterocycles. The van der Waals surface area contributed by atoms with Gasteiger partial charge in [-0.15, -0.1) is 12.4 Å². The van der Waals surface area contributed by atoms with Crippen LogP contribution in [0.2, 0.25) is 0 Å². The molecule has 8 heteroatoms. The Labute approximate surface area is 147 Å². The molecule has 1 aromatic rings. The Morgan fingerprint density at radius 2 is 2.21 bits per heavy atom. The SMILES string of the molecule is COc1ccc(C(=O)N[C@H]2CCCNC2)cc1N1CCNC1=O.Cl. The van der Waals surface area contributed by atoms with Gasteiger partial charge in [0.2, 0.25) is 0 Å². The molecule has 3 N–H and O–H groups in total. The van der Waals surface area contributed by atoms with Gasteiger partial charge in [0.15, 0.2) is 0 Å². The Bertz CT molecular complexity index is 605. The van der Waals surface area contributed by atoms with E-state index in [1.54, 1.807) is 30.2 Å². The topological polar surface area (TPSA) is 82.7 Å². The van der Waals surface area contributed by atoms with Crippen LogP contribution in [0.4, 0.5) is 10.5 Å². The van der Waals surface area contributed by atoms with Crippen molar-refractivity contribution >= 4 is 30.0 Å². The maximum atomic E-state index is 12.5. The van der Waals surface area contributed by atoms with Crippen LogP contribution in [0.5, 0.6) is 5.75 Å². The maximum absolute atomic E-state index is 12.5. The molecule has 24 heavy (non-hydrogen) atoms. The zero-order valence-electron chi connectivity index (χ0n) is 13.6. The van der Waals surface area contributed by atoms with Crippen molar-refractivity contribution in [3.63, 3.8) is 0 Å². The van der Waals surface area contributed by atoms with E-state index < -0.39 is 0 Å². The average molecular weight is 355 g/mol. The molecule has 0 aromatic heterocycles. The van der Waals surface area contributed by atoms with Crippen LogP contribution < -0.4 is 25.6 Å². The molecule has 2 heterocycles. The first-order valence-corrected chi connectivity index (χ1v) is 7.94. The highest BCUT2D eigenvalue weighted by atomic mass is 35.5. The summed E-state index contributed by atoms with van der Waals surface area (Å²) in [6.07, 6.45) is 2.04. The highest BCUT2D eigenvalue weighted by Gasteiger charge is 2.25. The summed E-state index contributed by atoms with van der Waals surface area (Å²) in [7, 11) is 1.56. The second-order valence-electron chi connectivity index (χ2n) is 5.79. The van der Waals surface area contributed by atoms with E-state index in [4.69, 9.17) is 4.74 Å². The number of hydrogen-bond donors (Lipinski definition) is 3. The van der Waals surface area contributed by atoms with Crippen molar-refractivity contribution in [1.82, 2.24) is 16.0 Å². The Morgan fingerprint density at radius 3 is 2.83 bits per heavy atom. The van der Waals surface area contributed by atoms with Gasteiger partial charge >= 0.3 is 6.03 Å². The minimum absolute atomic E-state index is 0. The highest BCUT2D eigenvalue weighted by Crippen LogP contribution is 2.30. The van der Waals surface area contributed by atoms with Crippen LogP contribution in [-0.4, -0.2) is 51.3 Å². The molecular formula is C16H23ClN4O3. The third kappa shape index (κ3) is 3.91. The number of benzene rings is 1. The van der Waals surface area contributed by atoms with Crippen molar-refractivity contribution in [3.05, 3.63) is 23.8 Å². The van der Waals surface area contributed by atoms with Crippen LogP contribution in [0.3, 0.4) is 0 Å². The molecule has 3 rings (SSSR count). The van der Waals surface area contributed by atoms with Gasteiger partial charge in [-0.3, -0.25) is 9.69 Å². The lowest BCUT2D eigenvalue weighted by Gasteiger charge is -2.24. The number of urea groups is 1. The molecule has 2 fully saturated rings. The monoisotopic (exact) mass is 354 g/mol. The first kappa shape index (κ1) is 18.4. The zero-order chi connectivity index (χ0) is 16.2. The summed E-state index contributed by atoms with van der Waals surface area (Å²) in [5.74, 6) is 0.458. The first-order chi connectivity index (χ1) is 11.2. The van der Waals surface area contributed by atoms with Crippen molar-refractivity contribution in [2.75, 3.05) is 38.2 Å². The van der Waals surface area contributed by atoms with Gasteiger partial charge in [0.05, 0.1) is 12.8 Å². The molecule has 0 bridgehead atoms. The number of halogens is 1. The third-order valence-corrected chi connectivity index (χ3v) is 4.22. The summed E-state index contributed by atoms with van der Waals surface area (Å²) in [5.41, 5.74) is 1.16. The van der Waals surface area contributed by atoms with Crippen LogP contribution in [0.15, 0.2) is 18.2 Å². The molecule has 2 saturated heterocycles. The Morgan fingerprint density at radius 1 is 1.38 bits per heavy atom. The molecule has 1 atom stereocenters. The second kappa shape index (κ2) is 8.21. The van der Waals surface area contributed by atoms with Crippen LogP contribution in [-0.2, 0) is 0 Å². The largest absolute Gasteiger partial charge is 0.495 e. The fourth-order valence-electron chi connectivity index (χ4n) is 2.99. The van der Waals surface area contributed by atoms with Crippen molar-refractivity contribution in [2.24, 2.45) is 0 Å². The van der Waals surface area contributed by atoms with E-state index in [-0.39, 0.29) is 30.4 Å². The number of methoxy groups -OCH3 is 1.